The Hall–Kier alpha value is -1.14. The molecule has 1 aromatic heterocycles. The smallest absolute Gasteiger partial charge is 0.497 e. The molecule has 0 atom stereocenters. The van der Waals surface area contributed by atoms with Crippen molar-refractivity contribution in [2.45, 2.75) is 38.9 Å². The first kappa shape index (κ1) is 13.3. The van der Waals surface area contributed by atoms with Gasteiger partial charge in [0.15, 0.2) is 0 Å². The van der Waals surface area contributed by atoms with Crippen molar-refractivity contribution in [3.63, 3.8) is 0 Å². The zero-order valence-electron chi connectivity index (χ0n) is 11.3. The van der Waals surface area contributed by atoms with Crippen LogP contribution in [0.1, 0.15) is 27.7 Å². The fourth-order valence-corrected chi connectivity index (χ4v) is 1.78. The van der Waals surface area contributed by atoms with Gasteiger partial charge in [-0.2, -0.15) is 4.39 Å². The van der Waals surface area contributed by atoms with Crippen LogP contribution in [0.15, 0.2) is 12.3 Å². The maximum atomic E-state index is 13.8. The van der Waals surface area contributed by atoms with Crippen molar-refractivity contribution in [3.05, 3.63) is 18.2 Å². The average Bonchev–Trinajstić information content (AvgIpc) is 2.47. The second-order valence-corrected chi connectivity index (χ2v) is 5.31. The molecule has 1 aromatic rings. The highest BCUT2D eigenvalue weighted by Crippen LogP contribution is 2.37. The molecule has 2 rings (SSSR count). The molecule has 0 N–H and O–H groups in total. The van der Waals surface area contributed by atoms with Gasteiger partial charge in [-0.1, -0.05) is 0 Å². The highest BCUT2D eigenvalue weighted by molar-refractivity contribution is 6.63. The third-order valence-corrected chi connectivity index (χ3v) is 3.61. The Morgan fingerprint density at radius 1 is 1.22 bits per heavy atom. The molecule has 4 nitrogen and oxygen atoms in total. The third kappa shape index (κ3) is 1.99. The zero-order valence-corrected chi connectivity index (χ0v) is 11.3. The van der Waals surface area contributed by atoms with Gasteiger partial charge in [0.25, 0.3) is 0 Å². The molecule has 1 saturated heterocycles. The third-order valence-electron chi connectivity index (χ3n) is 3.61. The average molecular weight is 253 g/mol. The Kier molecular flexibility index (Phi) is 3.11. The molecule has 1 fully saturated rings. The van der Waals surface area contributed by atoms with Crippen LogP contribution in [0.4, 0.5) is 4.39 Å². The highest BCUT2D eigenvalue weighted by Gasteiger charge is 2.53. The quantitative estimate of drug-likeness (QED) is 0.592. The van der Waals surface area contributed by atoms with Crippen molar-refractivity contribution in [1.29, 1.82) is 0 Å². The van der Waals surface area contributed by atoms with Crippen LogP contribution in [-0.2, 0) is 9.31 Å². The van der Waals surface area contributed by atoms with E-state index in [-0.39, 0.29) is 5.46 Å². The maximum absolute atomic E-state index is 13.8. The van der Waals surface area contributed by atoms with Crippen molar-refractivity contribution in [3.8, 4) is 5.75 Å². The number of pyridine rings is 1. The predicted molar refractivity (Wildman–Crippen MR) is 66.5 cm³/mol. The maximum Gasteiger partial charge on any atom is 0.503 e. The van der Waals surface area contributed by atoms with E-state index in [0.717, 1.165) is 0 Å². The van der Waals surface area contributed by atoms with E-state index in [4.69, 9.17) is 14.0 Å². The van der Waals surface area contributed by atoms with Gasteiger partial charge < -0.3 is 14.0 Å². The summed E-state index contributed by atoms with van der Waals surface area (Å²) in [5.41, 5.74) is -0.839. The molecule has 0 bridgehead atoms. The lowest BCUT2D eigenvalue weighted by Gasteiger charge is -2.32. The van der Waals surface area contributed by atoms with Crippen LogP contribution in [0.5, 0.6) is 5.75 Å². The first-order valence-electron chi connectivity index (χ1n) is 5.82. The van der Waals surface area contributed by atoms with Gasteiger partial charge in [-0.05, 0) is 33.8 Å². The number of nitrogens with zero attached hydrogens (tertiary/aromatic N) is 1. The molecule has 6 heteroatoms. The van der Waals surface area contributed by atoms with E-state index < -0.39 is 24.3 Å². The first-order chi connectivity index (χ1) is 8.28. The van der Waals surface area contributed by atoms with Crippen LogP contribution in [-0.4, -0.2) is 30.4 Å². The minimum Gasteiger partial charge on any atom is -0.497 e. The minimum absolute atomic E-state index is 0.207. The Labute approximate surface area is 107 Å². The summed E-state index contributed by atoms with van der Waals surface area (Å²) in [6, 6.07) is 1.59. The van der Waals surface area contributed by atoms with E-state index in [9.17, 15) is 4.39 Å². The van der Waals surface area contributed by atoms with Crippen molar-refractivity contribution in [1.82, 2.24) is 4.98 Å². The molecule has 0 saturated carbocycles. The summed E-state index contributed by atoms with van der Waals surface area (Å²) in [5.74, 6) is -0.256. The molecular weight excluding hydrogens is 236 g/mol. The molecule has 1 aliphatic heterocycles. The molecule has 1 aliphatic rings. The van der Waals surface area contributed by atoms with Crippen molar-refractivity contribution in [2.24, 2.45) is 0 Å². The van der Waals surface area contributed by atoms with Crippen LogP contribution in [0.3, 0.4) is 0 Å². The molecule has 0 aromatic carbocycles. The summed E-state index contributed by atoms with van der Waals surface area (Å²) in [4.78, 5) is 3.62. The van der Waals surface area contributed by atoms with Gasteiger partial charge in [0.2, 0.25) is 5.95 Å². The van der Waals surface area contributed by atoms with Crippen molar-refractivity contribution in [2.75, 3.05) is 7.11 Å². The zero-order chi connectivity index (χ0) is 13.6. The van der Waals surface area contributed by atoms with Crippen LogP contribution < -0.4 is 10.2 Å². The number of rotatable bonds is 2. The Balaban J connectivity index is 2.41. The molecular formula is C12H17BFNO3. The molecule has 0 radical (unpaired) electrons. The second kappa shape index (κ2) is 4.21. The molecule has 0 aliphatic carbocycles. The predicted octanol–water partition coefficient (Wildman–Crippen LogP) is 1.53. The monoisotopic (exact) mass is 253 g/mol. The summed E-state index contributed by atoms with van der Waals surface area (Å²) < 4.78 is 30.6. The Morgan fingerprint density at radius 3 is 2.28 bits per heavy atom. The Bertz CT molecular complexity index is 449. The number of hydrogen-bond donors (Lipinski definition) is 0. The Morgan fingerprint density at radius 2 is 1.78 bits per heavy atom. The molecule has 0 amide bonds. The van der Waals surface area contributed by atoms with Gasteiger partial charge in [0.05, 0.1) is 23.8 Å². The fourth-order valence-electron chi connectivity index (χ4n) is 1.78. The van der Waals surface area contributed by atoms with Crippen LogP contribution in [0.25, 0.3) is 0 Å². The normalized spacial score (nSPS) is 21.1. The van der Waals surface area contributed by atoms with Crippen LogP contribution in [0, 0.1) is 5.95 Å². The summed E-state index contributed by atoms with van der Waals surface area (Å²) in [6.45, 7) is 7.64. The van der Waals surface area contributed by atoms with E-state index >= 15 is 0 Å². The van der Waals surface area contributed by atoms with Crippen molar-refractivity contribution >= 4 is 12.6 Å². The van der Waals surface area contributed by atoms with E-state index in [1.165, 1.54) is 13.3 Å². The van der Waals surface area contributed by atoms with Crippen LogP contribution >= 0.6 is 0 Å². The molecule has 0 spiro atoms. The van der Waals surface area contributed by atoms with E-state index in [2.05, 4.69) is 4.98 Å². The summed E-state index contributed by atoms with van der Waals surface area (Å²) in [6.07, 6.45) is 1.35. The number of aromatic nitrogens is 1. The molecule has 18 heavy (non-hydrogen) atoms. The van der Waals surface area contributed by atoms with Gasteiger partial charge in [-0.25, -0.2) is 4.98 Å². The van der Waals surface area contributed by atoms with Gasteiger partial charge in [0.1, 0.15) is 5.75 Å². The van der Waals surface area contributed by atoms with E-state index in [1.54, 1.807) is 6.07 Å². The largest absolute Gasteiger partial charge is 0.503 e. The summed E-state index contributed by atoms with van der Waals surface area (Å²) >= 11 is 0. The fraction of sp³-hybridized carbons (Fsp3) is 0.583. The number of hydrogen-bond acceptors (Lipinski definition) is 4. The lowest BCUT2D eigenvalue weighted by Crippen LogP contribution is -2.41. The minimum atomic E-state index is -0.807. The summed E-state index contributed by atoms with van der Waals surface area (Å²) in [7, 11) is 0.669. The number of ether oxygens (including phenoxy) is 1. The molecule has 0 unspecified atom stereocenters. The molecule has 2 heterocycles. The van der Waals surface area contributed by atoms with Gasteiger partial charge >= 0.3 is 7.12 Å². The standard InChI is InChI=1S/C12H17BFNO3/c1-11(2)12(3,4)18-13(17-11)9-8(16-5)6-7-15-10(9)14/h6-7H,1-5H3. The number of methoxy groups -OCH3 is 1. The highest BCUT2D eigenvalue weighted by atomic mass is 19.1. The second-order valence-electron chi connectivity index (χ2n) is 5.31. The van der Waals surface area contributed by atoms with Crippen LogP contribution in [0.2, 0.25) is 0 Å². The number of halogens is 1. The molecule has 98 valence electrons. The van der Waals surface area contributed by atoms with Crippen molar-refractivity contribution < 1.29 is 18.4 Å². The SMILES string of the molecule is COc1ccnc(F)c1B1OC(C)(C)C(C)(C)O1. The lowest BCUT2D eigenvalue weighted by molar-refractivity contribution is 0.00578. The summed E-state index contributed by atoms with van der Waals surface area (Å²) in [5, 5.41) is 0. The van der Waals surface area contributed by atoms with Gasteiger partial charge in [-0.15, -0.1) is 0 Å². The van der Waals surface area contributed by atoms with E-state index in [0.29, 0.717) is 5.75 Å². The van der Waals surface area contributed by atoms with Gasteiger partial charge in [-0.3, -0.25) is 0 Å². The topological polar surface area (TPSA) is 40.6 Å². The van der Waals surface area contributed by atoms with Gasteiger partial charge in [0, 0.05) is 6.20 Å². The van der Waals surface area contributed by atoms with E-state index in [1.807, 2.05) is 27.7 Å². The first-order valence-corrected chi connectivity index (χ1v) is 5.82. The lowest BCUT2D eigenvalue weighted by atomic mass is 9.79.